The van der Waals surface area contributed by atoms with E-state index in [4.69, 9.17) is 14.2 Å². The van der Waals surface area contributed by atoms with Crippen molar-refractivity contribution in [2.24, 2.45) is 0 Å². The van der Waals surface area contributed by atoms with E-state index < -0.39 is 0 Å². The van der Waals surface area contributed by atoms with Crippen molar-refractivity contribution in [3.8, 4) is 11.5 Å². The highest BCUT2D eigenvalue weighted by atomic mass is 16.5. The smallest absolute Gasteiger partial charge is 0.251 e. The quantitative estimate of drug-likeness (QED) is 0.819. The Morgan fingerprint density at radius 2 is 2.09 bits per heavy atom. The van der Waals surface area contributed by atoms with E-state index in [2.05, 4.69) is 10.2 Å². The number of rotatable bonds is 7. The fourth-order valence-corrected chi connectivity index (χ4v) is 2.34. The molecule has 0 aromatic heterocycles. The zero-order chi connectivity index (χ0) is 15.8. The van der Waals surface area contributed by atoms with Crippen molar-refractivity contribution in [2.45, 2.75) is 6.92 Å². The fraction of sp³-hybridized carbons (Fsp3) is 0.562. The summed E-state index contributed by atoms with van der Waals surface area (Å²) in [5.41, 5.74) is 0.572. The lowest BCUT2D eigenvalue weighted by molar-refractivity contribution is 0.0383. The number of nitrogens with one attached hydrogen (secondary N) is 1. The number of carbonyl (C=O) groups is 1. The Balaban J connectivity index is 1.86. The molecule has 1 aromatic rings. The van der Waals surface area contributed by atoms with E-state index in [9.17, 15) is 4.79 Å². The largest absolute Gasteiger partial charge is 0.493 e. The molecule has 0 spiro atoms. The third-order valence-electron chi connectivity index (χ3n) is 3.54. The van der Waals surface area contributed by atoms with E-state index >= 15 is 0 Å². The Hall–Kier alpha value is -1.79. The molecular weight excluding hydrogens is 284 g/mol. The predicted molar refractivity (Wildman–Crippen MR) is 83.8 cm³/mol. The first-order valence-electron chi connectivity index (χ1n) is 7.63. The van der Waals surface area contributed by atoms with Gasteiger partial charge in [0.25, 0.3) is 5.91 Å². The van der Waals surface area contributed by atoms with Gasteiger partial charge in [-0.05, 0) is 25.1 Å². The summed E-state index contributed by atoms with van der Waals surface area (Å²) in [5, 5.41) is 2.93. The van der Waals surface area contributed by atoms with Crippen LogP contribution in [0.1, 0.15) is 17.3 Å². The lowest BCUT2D eigenvalue weighted by Crippen LogP contribution is -2.41. The Morgan fingerprint density at radius 3 is 2.77 bits per heavy atom. The molecule has 1 N–H and O–H groups in total. The number of carbonyl (C=O) groups excluding carboxylic acids is 1. The number of benzene rings is 1. The first-order valence-corrected chi connectivity index (χ1v) is 7.63. The number of ether oxygens (including phenoxy) is 3. The van der Waals surface area contributed by atoms with Crippen LogP contribution in [0.2, 0.25) is 0 Å². The SMILES string of the molecule is CCOc1ccc(C(=O)NCCN2CCOCC2)cc1OC. The van der Waals surface area contributed by atoms with Crippen LogP contribution in [0.4, 0.5) is 0 Å². The summed E-state index contributed by atoms with van der Waals surface area (Å²) in [5.74, 6) is 1.12. The molecule has 1 saturated heterocycles. The highest BCUT2D eigenvalue weighted by Gasteiger charge is 2.13. The average molecular weight is 308 g/mol. The maximum Gasteiger partial charge on any atom is 0.251 e. The van der Waals surface area contributed by atoms with E-state index in [0.717, 1.165) is 32.8 Å². The summed E-state index contributed by atoms with van der Waals surface area (Å²) in [4.78, 5) is 14.5. The van der Waals surface area contributed by atoms with Crippen molar-refractivity contribution in [3.05, 3.63) is 23.8 Å². The normalized spacial score (nSPS) is 15.4. The van der Waals surface area contributed by atoms with Crippen molar-refractivity contribution in [3.63, 3.8) is 0 Å². The first-order chi connectivity index (χ1) is 10.7. The van der Waals surface area contributed by atoms with Gasteiger partial charge < -0.3 is 19.5 Å². The average Bonchev–Trinajstić information content (AvgIpc) is 2.56. The summed E-state index contributed by atoms with van der Waals surface area (Å²) < 4.78 is 16.0. The Labute approximate surface area is 131 Å². The zero-order valence-electron chi connectivity index (χ0n) is 13.3. The predicted octanol–water partition coefficient (Wildman–Crippen LogP) is 1.16. The lowest BCUT2D eigenvalue weighted by atomic mass is 10.2. The van der Waals surface area contributed by atoms with Crippen LogP contribution in [0.3, 0.4) is 0 Å². The highest BCUT2D eigenvalue weighted by Crippen LogP contribution is 2.27. The van der Waals surface area contributed by atoms with E-state index in [0.29, 0.717) is 30.2 Å². The number of morpholine rings is 1. The Morgan fingerprint density at radius 1 is 1.32 bits per heavy atom. The van der Waals surface area contributed by atoms with Gasteiger partial charge in [0.2, 0.25) is 0 Å². The molecule has 1 aliphatic heterocycles. The van der Waals surface area contributed by atoms with Crippen LogP contribution in [0.25, 0.3) is 0 Å². The molecule has 0 aliphatic carbocycles. The second-order valence-electron chi connectivity index (χ2n) is 5.01. The van der Waals surface area contributed by atoms with E-state index in [-0.39, 0.29) is 5.91 Å². The van der Waals surface area contributed by atoms with Gasteiger partial charge in [0.05, 0.1) is 26.9 Å². The van der Waals surface area contributed by atoms with Gasteiger partial charge >= 0.3 is 0 Å². The van der Waals surface area contributed by atoms with Crippen LogP contribution in [0, 0.1) is 0 Å². The van der Waals surface area contributed by atoms with Crippen LogP contribution < -0.4 is 14.8 Å². The number of hydrogen-bond acceptors (Lipinski definition) is 5. The van der Waals surface area contributed by atoms with Gasteiger partial charge in [-0.15, -0.1) is 0 Å². The molecule has 1 heterocycles. The van der Waals surface area contributed by atoms with E-state index in [1.807, 2.05) is 6.92 Å². The summed E-state index contributed by atoms with van der Waals surface area (Å²) in [6.07, 6.45) is 0. The van der Waals surface area contributed by atoms with Gasteiger partial charge in [0.1, 0.15) is 0 Å². The molecule has 1 fully saturated rings. The monoisotopic (exact) mass is 308 g/mol. The van der Waals surface area contributed by atoms with Gasteiger partial charge in [-0.1, -0.05) is 0 Å². The molecule has 1 aromatic carbocycles. The molecule has 6 nitrogen and oxygen atoms in total. The topological polar surface area (TPSA) is 60.0 Å². The molecule has 1 amide bonds. The van der Waals surface area contributed by atoms with Crippen molar-refractivity contribution in [1.82, 2.24) is 10.2 Å². The van der Waals surface area contributed by atoms with Gasteiger partial charge in [0, 0.05) is 31.7 Å². The Kier molecular flexibility index (Phi) is 6.48. The maximum absolute atomic E-state index is 12.2. The van der Waals surface area contributed by atoms with Crippen molar-refractivity contribution in [2.75, 3.05) is 53.1 Å². The molecule has 0 bridgehead atoms. The summed E-state index contributed by atoms with van der Waals surface area (Å²) in [6.45, 7) is 7.30. The molecule has 1 aliphatic rings. The third kappa shape index (κ3) is 4.61. The minimum atomic E-state index is -0.102. The second kappa shape index (κ2) is 8.60. The van der Waals surface area contributed by atoms with E-state index in [1.54, 1.807) is 25.3 Å². The van der Waals surface area contributed by atoms with Crippen LogP contribution in [-0.2, 0) is 4.74 Å². The summed E-state index contributed by atoms with van der Waals surface area (Å²) in [6, 6.07) is 5.21. The maximum atomic E-state index is 12.2. The van der Waals surface area contributed by atoms with Crippen molar-refractivity contribution < 1.29 is 19.0 Å². The number of hydrogen-bond donors (Lipinski definition) is 1. The minimum Gasteiger partial charge on any atom is -0.493 e. The number of amides is 1. The van der Waals surface area contributed by atoms with Crippen LogP contribution in [0.5, 0.6) is 11.5 Å². The third-order valence-corrected chi connectivity index (χ3v) is 3.54. The van der Waals surface area contributed by atoms with Gasteiger partial charge in [-0.2, -0.15) is 0 Å². The number of methoxy groups -OCH3 is 1. The number of nitrogens with zero attached hydrogens (tertiary/aromatic N) is 1. The molecule has 22 heavy (non-hydrogen) atoms. The summed E-state index contributed by atoms with van der Waals surface area (Å²) in [7, 11) is 1.57. The van der Waals surface area contributed by atoms with Crippen molar-refractivity contribution >= 4 is 5.91 Å². The van der Waals surface area contributed by atoms with Crippen LogP contribution in [0.15, 0.2) is 18.2 Å². The standard InChI is InChI=1S/C16H24N2O4/c1-3-22-14-5-4-13(12-15(14)20-2)16(19)17-6-7-18-8-10-21-11-9-18/h4-5,12H,3,6-11H2,1-2H3,(H,17,19). The lowest BCUT2D eigenvalue weighted by Gasteiger charge is -2.26. The summed E-state index contributed by atoms with van der Waals surface area (Å²) >= 11 is 0. The van der Waals surface area contributed by atoms with Crippen LogP contribution in [-0.4, -0.2) is 63.9 Å². The molecular formula is C16H24N2O4. The zero-order valence-corrected chi connectivity index (χ0v) is 13.3. The minimum absolute atomic E-state index is 0.102. The fourth-order valence-electron chi connectivity index (χ4n) is 2.34. The van der Waals surface area contributed by atoms with Crippen molar-refractivity contribution in [1.29, 1.82) is 0 Å². The second-order valence-corrected chi connectivity index (χ2v) is 5.01. The Bertz CT molecular complexity index is 487. The van der Waals surface area contributed by atoms with E-state index in [1.165, 1.54) is 0 Å². The highest BCUT2D eigenvalue weighted by molar-refractivity contribution is 5.94. The van der Waals surface area contributed by atoms with Gasteiger partial charge in [0.15, 0.2) is 11.5 Å². The van der Waals surface area contributed by atoms with Crippen LogP contribution >= 0.6 is 0 Å². The molecule has 0 saturated carbocycles. The van der Waals surface area contributed by atoms with Gasteiger partial charge in [-0.3, -0.25) is 9.69 Å². The molecule has 6 heteroatoms. The molecule has 0 radical (unpaired) electrons. The molecule has 0 unspecified atom stereocenters. The molecule has 2 rings (SSSR count). The van der Waals surface area contributed by atoms with Gasteiger partial charge in [-0.25, -0.2) is 0 Å². The first kappa shape index (κ1) is 16.6. The molecule has 122 valence electrons. The molecule has 0 atom stereocenters.